The Morgan fingerprint density at radius 2 is 1.61 bits per heavy atom. The van der Waals surface area contributed by atoms with Gasteiger partial charge < -0.3 is 24.8 Å². The second-order valence-corrected chi connectivity index (χ2v) is 7.48. The molecule has 8 nitrogen and oxygen atoms in total. The summed E-state index contributed by atoms with van der Waals surface area (Å²) >= 11 is 0. The van der Waals surface area contributed by atoms with E-state index in [0.29, 0.717) is 23.5 Å². The Morgan fingerprint density at radius 3 is 2.23 bits per heavy atom. The third-order valence-electron chi connectivity index (χ3n) is 5.17. The number of amides is 2. The molecule has 2 aliphatic rings. The van der Waals surface area contributed by atoms with E-state index >= 15 is 0 Å². The van der Waals surface area contributed by atoms with Crippen molar-refractivity contribution >= 4 is 17.8 Å². The zero-order chi connectivity index (χ0) is 22.4. The molecular weight excluding hydrogens is 400 g/mol. The highest BCUT2D eigenvalue weighted by Crippen LogP contribution is 2.47. The second-order valence-electron chi connectivity index (χ2n) is 7.48. The summed E-state index contributed by atoms with van der Waals surface area (Å²) < 4.78 is 9.93. The maximum atomic E-state index is 12.4. The number of carboxylic acid groups (broad SMARTS) is 1. The van der Waals surface area contributed by atoms with Crippen LogP contribution < -0.4 is 10.1 Å². The van der Waals surface area contributed by atoms with Crippen LogP contribution in [-0.2, 0) is 14.3 Å². The molecule has 0 spiro atoms. The summed E-state index contributed by atoms with van der Waals surface area (Å²) in [6.07, 6.45) is 1.36. The van der Waals surface area contributed by atoms with Gasteiger partial charge in [0.15, 0.2) is 0 Å². The molecule has 3 atom stereocenters. The first-order chi connectivity index (χ1) is 14.9. The number of hydrogen-bond acceptors (Lipinski definition) is 5. The standard InChI is InChI=1S/C21H20N2O5.C2H6O/c24-19(23-17-10-14(17)11-18(23)21(26)27)12-22-20(25)13-6-8-16(9-7-13)28-15-4-2-1-3-5-15;1-3-2/h1-9,14,17-18H,10-12H2,(H,22,25)(H,26,27);1-2H3. The Morgan fingerprint density at radius 1 is 1.00 bits per heavy atom. The predicted octanol–water partition coefficient (Wildman–Crippen LogP) is 2.55. The Labute approximate surface area is 180 Å². The number of carboxylic acids is 1. The summed E-state index contributed by atoms with van der Waals surface area (Å²) in [7, 11) is 3.25. The number of likely N-dealkylation sites (tertiary alicyclic amines) is 1. The number of carbonyl (C=O) groups excluding carboxylic acids is 2. The zero-order valence-electron chi connectivity index (χ0n) is 17.5. The van der Waals surface area contributed by atoms with Crippen LogP contribution in [0.5, 0.6) is 11.5 Å². The topological polar surface area (TPSA) is 105 Å². The van der Waals surface area contributed by atoms with Crippen molar-refractivity contribution in [2.75, 3.05) is 20.8 Å². The molecule has 3 unspecified atom stereocenters. The molecular formula is C23H26N2O6. The van der Waals surface area contributed by atoms with E-state index in [0.717, 1.165) is 6.42 Å². The third kappa shape index (κ3) is 5.61. The highest BCUT2D eigenvalue weighted by molar-refractivity contribution is 5.97. The van der Waals surface area contributed by atoms with Gasteiger partial charge in [0.2, 0.25) is 5.91 Å². The largest absolute Gasteiger partial charge is 0.480 e. The fraction of sp³-hybridized carbons (Fsp3) is 0.348. The van der Waals surface area contributed by atoms with Crippen molar-refractivity contribution in [3.8, 4) is 11.5 Å². The lowest BCUT2D eigenvalue weighted by Crippen LogP contribution is -2.47. The number of piperidine rings is 1. The molecule has 0 radical (unpaired) electrons. The zero-order valence-corrected chi connectivity index (χ0v) is 17.5. The maximum absolute atomic E-state index is 12.4. The number of ether oxygens (including phenoxy) is 2. The minimum Gasteiger partial charge on any atom is -0.480 e. The molecule has 0 bridgehead atoms. The number of carbonyl (C=O) groups is 3. The van der Waals surface area contributed by atoms with Crippen LogP contribution in [0.3, 0.4) is 0 Å². The number of rotatable bonds is 6. The third-order valence-corrected chi connectivity index (χ3v) is 5.17. The Bertz CT molecular complexity index is 915. The number of hydrogen-bond donors (Lipinski definition) is 2. The number of nitrogens with zero attached hydrogens (tertiary/aromatic N) is 1. The molecule has 1 heterocycles. The average molecular weight is 426 g/mol. The first kappa shape index (κ1) is 22.3. The maximum Gasteiger partial charge on any atom is 0.326 e. The van der Waals surface area contributed by atoms with Gasteiger partial charge in [-0.05, 0) is 55.2 Å². The SMILES string of the molecule is COC.O=C(NCC(=O)N1C(C(=O)O)CC2CC21)c1ccc(Oc2ccccc2)cc1. The molecule has 2 N–H and O–H groups in total. The van der Waals surface area contributed by atoms with Crippen molar-refractivity contribution in [3.05, 3.63) is 60.2 Å². The van der Waals surface area contributed by atoms with Gasteiger partial charge in [-0.25, -0.2) is 4.79 Å². The van der Waals surface area contributed by atoms with Gasteiger partial charge in [-0.15, -0.1) is 0 Å². The van der Waals surface area contributed by atoms with Crippen LogP contribution in [0.15, 0.2) is 54.6 Å². The lowest BCUT2D eigenvalue weighted by Gasteiger charge is -2.24. The molecule has 164 valence electrons. The normalized spacial score (nSPS) is 20.7. The molecule has 2 aromatic carbocycles. The van der Waals surface area contributed by atoms with Gasteiger partial charge in [-0.1, -0.05) is 18.2 Å². The van der Waals surface area contributed by atoms with Gasteiger partial charge in [-0.3, -0.25) is 9.59 Å². The van der Waals surface area contributed by atoms with Crippen LogP contribution in [0, 0.1) is 5.92 Å². The van der Waals surface area contributed by atoms with E-state index in [9.17, 15) is 19.5 Å². The van der Waals surface area contributed by atoms with E-state index < -0.39 is 17.9 Å². The van der Waals surface area contributed by atoms with E-state index in [1.165, 1.54) is 4.90 Å². The monoisotopic (exact) mass is 426 g/mol. The smallest absolute Gasteiger partial charge is 0.326 e. The van der Waals surface area contributed by atoms with Crippen LogP contribution in [0.1, 0.15) is 23.2 Å². The van der Waals surface area contributed by atoms with Crippen LogP contribution in [0.4, 0.5) is 0 Å². The molecule has 2 fully saturated rings. The molecule has 31 heavy (non-hydrogen) atoms. The summed E-state index contributed by atoms with van der Waals surface area (Å²) in [5, 5.41) is 11.8. The molecule has 8 heteroatoms. The van der Waals surface area contributed by atoms with Gasteiger partial charge in [0.1, 0.15) is 17.5 Å². The molecule has 1 aliphatic carbocycles. The van der Waals surface area contributed by atoms with Crippen LogP contribution in [0.25, 0.3) is 0 Å². The summed E-state index contributed by atoms with van der Waals surface area (Å²) in [6, 6.07) is 15.1. The fourth-order valence-electron chi connectivity index (χ4n) is 3.68. The Hall–Kier alpha value is -3.39. The molecule has 1 saturated heterocycles. The molecule has 0 aromatic heterocycles. The van der Waals surface area contributed by atoms with Gasteiger partial charge in [0.05, 0.1) is 6.54 Å². The minimum absolute atomic E-state index is 0.0138. The highest BCUT2D eigenvalue weighted by atomic mass is 16.5. The van der Waals surface area contributed by atoms with Crippen molar-refractivity contribution in [3.63, 3.8) is 0 Å². The Kier molecular flexibility index (Phi) is 7.25. The number of methoxy groups -OCH3 is 1. The molecule has 1 aliphatic heterocycles. The predicted molar refractivity (Wildman–Crippen MR) is 113 cm³/mol. The van der Waals surface area contributed by atoms with Crippen molar-refractivity contribution in [2.45, 2.75) is 24.9 Å². The average Bonchev–Trinajstić information content (AvgIpc) is 3.42. The first-order valence-electron chi connectivity index (χ1n) is 9.99. The molecule has 4 rings (SSSR count). The van der Waals surface area contributed by atoms with Crippen LogP contribution in [0.2, 0.25) is 0 Å². The van der Waals surface area contributed by atoms with Crippen LogP contribution in [-0.4, -0.2) is 60.6 Å². The number of fused-ring (bicyclic) bond motifs is 1. The fourth-order valence-corrected chi connectivity index (χ4v) is 3.68. The molecule has 2 aromatic rings. The van der Waals surface area contributed by atoms with Gasteiger partial charge in [0, 0.05) is 25.8 Å². The summed E-state index contributed by atoms with van der Waals surface area (Å²) in [4.78, 5) is 37.5. The quantitative estimate of drug-likeness (QED) is 0.736. The van der Waals surface area contributed by atoms with Gasteiger partial charge in [0.25, 0.3) is 5.91 Å². The van der Waals surface area contributed by atoms with Crippen molar-refractivity contribution in [2.24, 2.45) is 5.92 Å². The van der Waals surface area contributed by atoms with E-state index in [1.54, 1.807) is 38.5 Å². The Balaban J connectivity index is 0.000000858. The van der Waals surface area contributed by atoms with Gasteiger partial charge in [-0.2, -0.15) is 0 Å². The lowest BCUT2D eigenvalue weighted by atomic mass is 10.1. The first-order valence-corrected chi connectivity index (χ1v) is 9.99. The minimum atomic E-state index is -0.985. The summed E-state index contributed by atoms with van der Waals surface area (Å²) in [5.74, 6) is -0.145. The van der Waals surface area contributed by atoms with Crippen molar-refractivity contribution < 1.29 is 29.0 Å². The number of benzene rings is 2. The number of nitrogens with one attached hydrogen (secondary N) is 1. The van der Waals surface area contributed by atoms with Crippen molar-refractivity contribution in [1.29, 1.82) is 0 Å². The molecule has 1 saturated carbocycles. The van der Waals surface area contributed by atoms with E-state index in [4.69, 9.17) is 4.74 Å². The van der Waals surface area contributed by atoms with Crippen LogP contribution >= 0.6 is 0 Å². The van der Waals surface area contributed by atoms with E-state index in [2.05, 4.69) is 10.1 Å². The van der Waals surface area contributed by atoms with E-state index in [-0.39, 0.29) is 24.4 Å². The second kappa shape index (κ2) is 10.1. The van der Waals surface area contributed by atoms with Crippen molar-refractivity contribution in [1.82, 2.24) is 10.2 Å². The number of para-hydroxylation sites is 1. The molecule has 2 amide bonds. The number of aliphatic carboxylic acids is 1. The lowest BCUT2D eigenvalue weighted by molar-refractivity contribution is -0.149. The van der Waals surface area contributed by atoms with E-state index in [1.807, 2.05) is 30.3 Å². The highest BCUT2D eigenvalue weighted by Gasteiger charge is 2.56. The summed E-state index contributed by atoms with van der Waals surface area (Å²) in [5.41, 5.74) is 0.397. The van der Waals surface area contributed by atoms with Gasteiger partial charge >= 0.3 is 5.97 Å². The summed E-state index contributed by atoms with van der Waals surface area (Å²) in [6.45, 7) is -0.214.